The van der Waals surface area contributed by atoms with Crippen LogP contribution in [0.3, 0.4) is 0 Å². The van der Waals surface area contributed by atoms with Gasteiger partial charge in [-0.1, -0.05) is 29.8 Å². The van der Waals surface area contributed by atoms with Crippen LogP contribution in [0, 0.1) is 0 Å². The van der Waals surface area contributed by atoms with Crippen molar-refractivity contribution in [3.63, 3.8) is 0 Å². The molecule has 0 heterocycles. The van der Waals surface area contributed by atoms with Gasteiger partial charge in [-0.15, -0.1) is 0 Å². The summed E-state index contributed by atoms with van der Waals surface area (Å²) in [5.41, 5.74) is 6.57. The molecule has 1 rings (SSSR count). The highest BCUT2D eigenvalue weighted by Gasteiger charge is 2.14. The lowest BCUT2D eigenvalue weighted by Gasteiger charge is -2.26. The van der Waals surface area contributed by atoms with Crippen LogP contribution in [-0.2, 0) is 0 Å². The van der Waals surface area contributed by atoms with Gasteiger partial charge in [0.2, 0.25) is 0 Å². The Labute approximate surface area is 94.7 Å². The van der Waals surface area contributed by atoms with E-state index in [2.05, 4.69) is 0 Å². The highest BCUT2D eigenvalue weighted by molar-refractivity contribution is 7.80. The third-order valence-electron chi connectivity index (χ3n) is 2.28. The first-order valence-electron chi connectivity index (χ1n) is 4.30. The van der Waals surface area contributed by atoms with Crippen molar-refractivity contribution >= 4 is 28.9 Å². The number of benzene rings is 1. The maximum absolute atomic E-state index is 6.06. The average molecular weight is 229 g/mol. The second kappa shape index (κ2) is 4.62. The van der Waals surface area contributed by atoms with Crippen LogP contribution in [0.5, 0.6) is 0 Å². The highest BCUT2D eigenvalue weighted by Crippen LogP contribution is 2.25. The number of rotatable bonds is 2. The van der Waals surface area contributed by atoms with Gasteiger partial charge in [0.15, 0.2) is 5.11 Å². The summed E-state index contributed by atoms with van der Waals surface area (Å²) in [6.45, 7) is 2.01. The minimum absolute atomic E-state index is 0.0983. The third-order valence-corrected chi connectivity index (χ3v) is 2.92. The van der Waals surface area contributed by atoms with Gasteiger partial charge < -0.3 is 10.6 Å². The van der Waals surface area contributed by atoms with Crippen molar-refractivity contribution in [1.29, 1.82) is 0 Å². The van der Waals surface area contributed by atoms with Crippen molar-refractivity contribution in [2.45, 2.75) is 13.0 Å². The maximum Gasteiger partial charge on any atom is 0.166 e. The van der Waals surface area contributed by atoms with Crippen LogP contribution < -0.4 is 5.73 Å². The number of nitrogens with two attached hydrogens (primary N) is 1. The lowest BCUT2D eigenvalue weighted by Crippen LogP contribution is -2.34. The van der Waals surface area contributed by atoms with Crippen LogP contribution in [0.1, 0.15) is 18.5 Å². The maximum atomic E-state index is 6.06. The molecule has 0 aromatic heterocycles. The van der Waals surface area contributed by atoms with Crippen LogP contribution in [0.4, 0.5) is 0 Å². The first-order chi connectivity index (χ1) is 6.54. The molecule has 14 heavy (non-hydrogen) atoms. The van der Waals surface area contributed by atoms with E-state index in [4.69, 9.17) is 29.6 Å². The molecular formula is C10H13ClN2S. The number of halogens is 1. The molecule has 0 spiro atoms. The quantitative estimate of drug-likeness (QED) is 0.789. The van der Waals surface area contributed by atoms with E-state index in [1.165, 1.54) is 0 Å². The smallest absolute Gasteiger partial charge is 0.166 e. The van der Waals surface area contributed by atoms with E-state index >= 15 is 0 Å². The van der Waals surface area contributed by atoms with Gasteiger partial charge in [-0.2, -0.15) is 0 Å². The molecule has 4 heteroatoms. The molecule has 2 nitrogen and oxygen atoms in total. The molecule has 1 aromatic carbocycles. The molecule has 1 unspecified atom stereocenters. The molecule has 0 fully saturated rings. The first kappa shape index (κ1) is 11.3. The van der Waals surface area contributed by atoms with Crippen LogP contribution >= 0.6 is 23.8 Å². The Morgan fingerprint density at radius 2 is 2.07 bits per heavy atom. The van der Waals surface area contributed by atoms with Gasteiger partial charge in [-0.3, -0.25) is 0 Å². The molecule has 76 valence electrons. The summed E-state index contributed by atoms with van der Waals surface area (Å²) in [7, 11) is 1.86. The largest absolute Gasteiger partial charge is 0.376 e. The molecule has 0 aliphatic rings. The van der Waals surface area contributed by atoms with Crippen molar-refractivity contribution in [1.82, 2.24) is 4.90 Å². The van der Waals surface area contributed by atoms with Crippen molar-refractivity contribution in [3.05, 3.63) is 34.9 Å². The summed E-state index contributed by atoms with van der Waals surface area (Å²) in [6, 6.07) is 7.79. The van der Waals surface area contributed by atoms with E-state index in [0.717, 1.165) is 10.6 Å². The SMILES string of the molecule is CC(c1ccccc1Cl)N(C)C(N)=S. The summed E-state index contributed by atoms with van der Waals surface area (Å²) in [4.78, 5) is 1.82. The lowest BCUT2D eigenvalue weighted by atomic mass is 10.1. The van der Waals surface area contributed by atoms with E-state index in [9.17, 15) is 0 Å². The summed E-state index contributed by atoms with van der Waals surface area (Å²) < 4.78 is 0. The standard InChI is InChI=1S/C10H13ClN2S/c1-7(13(2)10(12)14)8-5-3-4-6-9(8)11/h3-7H,1-2H3,(H2,12,14). The molecule has 0 aliphatic heterocycles. The molecule has 2 N–H and O–H groups in total. The second-order valence-corrected chi connectivity index (χ2v) is 3.97. The lowest BCUT2D eigenvalue weighted by molar-refractivity contribution is 0.405. The Kier molecular flexibility index (Phi) is 3.72. The van der Waals surface area contributed by atoms with Gasteiger partial charge >= 0.3 is 0 Å². The van der Waals surface area contributed by atoms with Crippen molar-refractivity contribution < 1.29 is 0 Å². The highest BCUT2D eigenvalue weighted by atomic mass is 35.5. The Hall–Kier alpha value is -0.800. The van der Waals surface area contributed by atoms with Gasteiger partial charge in [-0.25, -0.2) is 0 Å². The Morgan fingerprint density at radius 1 is 1.50 bits per heavy atom. The van der Waals surface area contributed by atoms with Gasteiger partial charge in [0.1, 0.15) is 0 Å². The third kappa shape index (κ3) is 2.36. The topological polar surface area (TPSA) is 29.3 Å². The average Bonchev–Trinajstić information content (AvgIpc) is 2.16. The van der Waals surface area contributed by atoms with Gasteiger partial charge in [-0.05, 0) is 30.8 Å². The molecule has 1 atom stereocenters. The summed E-state index contributed by atoms with van der Waals surface area (Å²) in [6.07, 6.45) is 0. The zero-order valence-electron chi connectivity index (χ0n) is 8.20. The first-order valence-corrected chi connectivity index (χ1v) is 5.09. The number of hydrogen-bond acceptors (Lipinski definition) is 1. The van der Waals surface area contributed by atoms with E-state index in [1.807, 2.05) is 43.1 Å². The van der Waals surface area contributed by atoms with Gasteiger partial charge in [0.25, 0.3) is 0 Å². The van der Waals surface area contributed by atoms with E-state index < -0.39 is 0 Å². The van der Waals surface area contributed by atoms with Crippen LogP contribution in [0.25, 0.3) is 0 Å². The summed E-state index contributed by atoms with van der Waals surface area (Å²) in [5, 5.41) is 1.11. The second-order valence-electron chi connectivity index (χ2n) is 3.15. The Morgan fingerprint density at radius 3 is 2.57 bits per heavy atom. The van der Waals surface area contributed by atoms with Crippen molar-refractivity contribution in [2.75, 3.05) is 7.05 Å². The van der Waals surface area contributed by atoms with Gasteiger partial charge in [0.05, 0.1) is 6.04 Å². The zero-order valence-corrected chi connectivity index (χ0v) is 9.77. The van der Waals surface area contributed by atoms with Crippen molar-refractivity contribution in [3.8, 4) is 0 Å². The van der Waals surface area contributed by atoms with E-state index in [1.54, 1.807) is 0 Å². The predicted molar refractivity (Wildman–Crippen MR) is 64.4 cm³/mol. The fourth-order valence-corrected chi connectivity index (χ4v) is 1.67. The van der Waals surface area contributed by atoms with Crippen LogP contribution in [0.15, 0.2) is 24.3 Å². The minimum Gasteiger partial charge on any atom is -0.376 e. The van der Waals surface area contributed by atoms with Crippen molar-refractivity contribution in [2.24, 2.45) is 5.73 Å². The molecule has 0 saturated carbocycles. The molecular weight excluding hydrogens is 216 g/mol. The number of thiocarbonyl (C=S) groups is 1. The monoisotopic (exact) mass is 228 g/mol. The molecule has 0 radical (unpaired) electrons. The van der Waals surface area contributed by atoms with Crippen LogP contribution in [-0.4, -0.2) is 17.1 Å². The molecule has 0 amide bonds. The predicted octanol–water partition coefficient (Wildman–Crippen LogP) is 2.58. The Balaban J connectivity index is 2.94. The summed E-state index contributed by atoms with van der Waals surface area (Å²) >= 11 is 11.0. The normalized spacial score (nSPS) is 12.2. The van der Waals surface area contributed by atoms with E-state index in [-0.39, 0.29) is 6.04 Å². The minimum atomic E-state index is 0.0983. The van der Waals surface area contributed by atoms with E-state index in [0.29, 0.717) is 5.11 Å². The zero-order chi connectivity index (χ0) is 10.7. The molecule has 0 bridgehead atoms. The molecule has 1 aromatic rings. The molecule has 0 aliphatic carbocycles. The van der Waals surface area contributed by atoms with Gasteiger partial charge in [0, 0.05) is 12.1 Å². The Bertz CT molecular complexity index is 341. The number of hydrogen-bond donors (Lipinski definition) is 1. The summed E-state index contributed by atoms with van der Waals surface area (Å²) in [5.74, 6) is 0. The fourth-order valence-electron chi connectivity index (χ4n) is 1.21. The number of nitrogens with zero attached hydrogens (tertiary/aromatic N) is 1. The molecule has 0 saturated heterocycles. The van der Waals surface area contributed by atoms with Crippen LogP contribution in [0.2, 0.25) is 5.02 Å². The fraction of sp³-hybridized carbons (Fsp3) is 0.300.